The fourth-order valence-electron chi connectivity index (χ4n) is 4.14. The van der Waals surface area contributed by atoms with Gasteiger partial charge in [-0.15, -0.1) is 0 Å². The predicted octanol–water partition coefficient (Wildman–Crippen LogP) is 5.18. The number of hydrogen-bond acceptors (Lipinski definition) is 5. The fraction of sp³-hybridized carbons (Fsp3) is 0.360. The van der Waals surface area contributed by atoms with Gasteiger partial charge in [-0.1, -0.05) is 0 Å². The lowest BCUT2D eigenvalue weighted by Crippen LogP contribution is -2.34. The van der Waals surface area contributed by atoms with E-state index in [0.717, 1.165) is 23.9 Å². The minimum absolute atomic E-state index is 0.225. The minimum Gasteiger partial charge on any atom is -0.478 e. The third kappa shape index (κ3) is 4.43. The maximum absolute atomic E-state index is 14.4. The number of carboxylic acid groups (broad SMARTS) is 1. The number of aromatic amines is 1. The Morgan fingerprint density at radius 2 is 2.00 bits per heavy atom. The van der Waals surface area contributed by atoms with Crippen molar-refractivity contribution in [3.8, 4) is 11.4 Å². The van der Waals surface area contributed by atoms with E-state index in [9.17, 15) is 19.1 Å². The number of H-pyrrole nitrogens is 1. The monoisotopic (exact) mass is 479 g/mol. The van der Waals surface area contributed by atoms with E-state index in [1.807, 2.05) is 25.1 Å². The molecule has 182 valence electrons. The Kier molecular flexibility index (Phi) is 5.26. The van der Waals surface area contributed by atoms with Gasteiger partial charge in [-0.05, 0) is 64.8 Å². The molecule has 0 radical (unpaired) electrons. The van der Waals surface area contributed by atoms with Crippen LogP contribution in [0.5, 0.6) is 0 Å². The molecule has 1 aliphatic rings. The van der Waals surface area contributed by atoms with Crippen molar-refractivity contribution in [1.82, 2.24) is 24.7 Å². The molecule has 5 rings (SSSR count). The molecule has 4 aromatic rings. The average Bonchev–Trinajstić information content (AvgIpc) is 3.38. The highest BCUT2D eigenvalue weighted by molar-refractivity contribution is 5.89. The first-order valence-electron chi connectivity index (χ1n) is 11.4. The van der Waals surface area contributed by atoms with Gasteiger partial charge in [0.1, 0.15) is 28.2 Å². The van der Waals surface area contributed by atoms with Gasteiger partial charge in [-0.3, -0.25) is 0 Å². The lowest BCUT2D eigenvalue weighted by molar-refractivity contribution is 0.0506. The van der Waals surface area contributed by atoms with Gasteiger partial charge in [-0.2, -0.15) is 0 Å². The van der Waals surface area contributed by atoms with Gasteiger partial charge in [0.15, 0.2) is 5.82 Å². The summed E-state index contributed by atoms with van der Waals surface area (Å²) in [5, 5.41) is 12.9. The van der Waals surface area contributed by atoms with Crippen LogP contribution in [0.15, 0.2) is 30.5 Å². The Bertz CT molecular complexity index is 1480. The third-order valence-electron chi connectivity index (χ3n) is 5.88. The number of fused-ring (bicyclic) bond motifs is 2. The lowest BCUT2D eigenvalue weighted by Gasteiger charge is -2.21. The van der Waals surface area contributed by atoms with Crippen LogP contribution >= 0.6 is 0 Å². The molecule has 35 heavy (non-hydrogen) atoms. The molecule has 0 saturated heterocycles. The molecule has 0 bridgehead atoms. The fourth-order valence-corrected chi connectivity index (χ4v) is 4.14. The first kappa shape index (κ1) is 22.8. The number of halogens is 1. The minimum atomic E-state index is -1.33. The highest BCUT2D eigenvalue weighted by Gasteiger charge is 2.32. The maximum Gasteiger partial charge on any atom is 0.408 e. The molecule has 4 aromatic heterocycles. The van der Waals surface area contributed by atoms with Crippen LogP contribution in [0.25, 0.3) is 28.1 Å². The number of carboxylic acids is 1. The number of carbonyl (C=O) groups is 2. The molecule has 1 saturated carbocycles. The van der Waals surface area contributed by atoms with Crippen molar-refractivity contribution in [3.05, 3.63) is 53.2 Å². The molecule has 4 heterocycles. The van der Waals surface area contributed by atoms with Crippen LogP contribution in [0.3, 0.4) is 0 Å². The van der Waals surface area contributed by atoms with Crippen LogP contribution in [0, 0.1) is 5.82 Å². The highest BCUT2D eigenvalue weighted by atomic mass is 19.1. The van der Waals surface area contributed by atoms with Gasteiger partial charge in [-0.25, -0.2) is 23.9 Å². The number of amides is 1. The quantitative estimate of drug-likeness (QED) is 0.363. The number of imidazole rings is 1. The third-order valence-corrected chi connectivity index (χ3v) is 5.88. The summed E-state index contributed by atoms with van der Waals surface area (Å²) in [5.74, 6) is -1.91. The van der Waals surface area contributed by atoms with Crippen molar-refractivity contribution in [2.45, 2.75) is 58.1 Å². The number of carbonyl (C=O) groups excluding carboxylic acids is 1. The first-order chi connectivity index (χ1) is 16.5. The second-order valence-electron chi connectivity index (χ2n) is 9.91. The van der Waals surface area contributed by atoms with Crippen LogP contribution < -0.4 is 5.32 Å². The van der Waals surface area contributed by atoms with Gasteiger partial charge in [0.05, 0.1) is 23.1 Å². The molecule has 3 N–H and O–H groups in total. The van der Waals surface area contributed by atoms with E-state index in [2.05, 4.69) is 20.3 Å². The molecule has 0 aliphatic heterocycles. The Morgan fingerprint density at radius 3 is 2.66 bits per heavy atom. The van der Waals surface area contributed by atoms with Crippen molar-refractivity contribution >= 4 is 28.7 Å². The highest BCUT2D eigenvalue weighted by Crippen LogP contribution is 2.45. The Balaban J connectivity index is 1.51. The summed E-state index contributed by atoms with van der Waals surface area (Å²) >= 11 is 0. The zero-order valence-corrected chi connectivity index (χ0v) is 19.8. The number of aromatic nitrogens is 4. The van der Waals surface area contributed by atoms with Gasteiger partial charge >= 0.3 is 12.1 Å². The van der Waals surface area contributed by atoms with Gasteiger partial charge in [0.2, 0.25) is 0 Å². The van der Waals surface area contributed by atoms with Gasteiger partial charge in [0.25, 0.3) is 0 Å². The predicted molar refractivity (Wildman–Crippen MR) is 127 cm³/mol. The summed E-state index contributed by atoms with van der Waals surface area (Å²) in [4.78, 5) is 36.1. The number of nitrogens with zero attached hydrogens (tertiary/aromatic N) is 3. The number of ether oxygens (including phenoxy) is 1. The number of pyridine rings is 2. The average molecular weight is 480 g/mol. The molecule has 1 atom stereocenters. The Morgan fingerprint density at radius 1 is 1.26 bits per heavy atom. The summed E-state index contributed by atoms with van der Waals surface area (Å²) in [7, 11) is 0. The molecule has 1 amide bonds. The number of aromatic carboxylic acids is 1. The van der Waals surface area contributed by atoms with Crippen LogP contribution in [0.2, 0.25) is 0 Å². The van der Waals surface area contributed by atoms with Crippen molar-refractivity contribution < 1.29 is 23.8 Å². The van der Waals surface area contributed by atoms with Crippen molar-refractivity contribution in [3.63, 3.8) is 0 Å². The van der Waals surface area contributed by atoms with E-state index in [0.29, 0.717) is 28.4 Å². The summed E-state index contributed by atoms with van der Waals surface area (Å²) < 4.78 is 21.4. The zero-order valence-electron chi connectivity index (χ0n) is 19.8. The SMILES string of the molecule is CC(NC(=O)OC(C)(C)C)c1ccc2cc(-c3nc4cc(C(=O)O)c(F)cn4c3C3CC3)[nH]c2n1. The Labute approximate surface area is 200 Å². The zero-order chi connectivity index (χ0) is 25.1. The van der Waals surface area contributed by atoms with E-state index < -0.39 is 29.0 Å². The standard InChI is InChI=1S/C25H26FN5O4/c1-12(27-24(34)35-25(2,3)4)17-8-7-14-9-18(29-22(14)28-17)20-21(13-5-6-13)31-11-16(26)15(23(32)33)10-19(31)30-20/h7-13H,5-6H2,1-4H3,(H,27,34)(H,28,29)(H,32,33). The van der Waals surface area contributed by atoms with Gasteiger partial charge in [0, 0.05) is 17.5 Å². The van der Waals surface area contributed by atoms with E-state index in [1.54, 1.807) is 25.2 Å². The summed E-state index contributed by atoms with van der Waals surface area (Å²) in [6.45, 7) is 7.22. The van der Waals surface area contributed by atoms with Crippen LogP contribution in [-0.2, 0) is 4.74 Å². The topological polar surface area (TPSA) is 122 Å². The molecule has 1 fully saturated rings. The number of nitrogens with one attached hydrogen (secondary N) is 2. The van der Waals surface area contributed by atoms with Crippen LogP contribution in [0.1, 0.15) is 74.2 Å². The number of alkyl carbamates (subject to hydrolysis) is 1. The largest absolute Gasteiger partial charge is 0.478 e. The molecular formula is C25H26FN5O4. The first-order valence-corrected chi connectivity index (χ1v) is 11.4. The lowest BCUT2D eigenvalue weighted by atomic mass is 10.1. The molecule has 0 spiro atoms. The van der Waals surface area contributed by atoms with E-state index in [4.69, 9.17) is 4.74 Å². The summed E-state index contributed by atoms with van der Waals surface area (Å²) in [6.07, 6.45) is 2.59. The molecule has 10 heteroatoms. The molecule has 1 aliphatic carbocycles. The maximum atomic E-state index is 14.4. The normalized spacial score (nSPS) is 14.9. The molecule has 9 nitrogen and oxygen atoms in total. The van der Waals surface area contributed by atoms with Crippen molar-refractivity contribution in [2.24, 2.45) is 0 Å². The Hall–Kier alpha value is -3.95. The van der Waals surface area contributed by atoms with E-state index >= 15 is 0 Å². The molecular weight excluding hydrogens is 453 g/mol. The van der Waals surface area contributed by atoms with E-state index in [-0.39, 0.29) is 12.0 Å². The number of hydrogen-bond donors (Lipinski definition) is 3. The van der Waals surface area contributed by atoms with Crippen LogP contribution in [-0.4, -0.2) is 42.1 Å². The van der Waals surface area contributed by atoms with Crippen LogP contribution in [0.4, 0.5) is 9.18 Å². The summed E-state index contributed by atoms with van der Waals surface area (Å²) in [6, 6.07) is 6.54. The second-order valence-corrected chi connectivity index (χ2v) is 9.91. The van der Waals surface area contributed by atoms with Crippen molar-refractivity contribution in [2.75, 3.05) is 0 Å². The van der Waals surface area contributed by atoms with E-state index in [1.165, 1.54) is 12.3 Å². The molecule has 0 aromatic carbocycles. The number of rotatable bonds is 5. The summed E-state index contributed by atoms with van der Waals surface area (Å²) in [5.41, 5.74) is 2.84. The second kappa shape index (κ2) is 8.07. The van der Waals surface area contributed by atoms with Gasteiger partial charge < -0.3 is 24.5 Å². The smallest absolute Gasteiger partial charge is 0.408 e. The molecule has 1 unspecified atom stereocenters. The van der Waals surface area contributed by atoms with Crippen molar-refractivity contribution in [1.29, 1.82) is 0 Å².